The van der Waals surface area contributed by atoms with E-state index in [2.05, 4.69) is 10.00 Å². The van der Waals surface area contributed by atoms with Crippen molar-refractivity contribution in [3.8, 4) is 11.4 Å². The first-order chi connectivity index (χ1) is 12.0. The summed E-state index contributed by atoms with van der Waals surface area (Å²) in [6, 6.07) is 15.4. The molecular formula is C18H18Cl2N4S. The summed E-state index contributed by atoms with van der Waals surface area (Å²) in [6.45, 7) is 1.29. The third kappa shape index (κ3) is 4.12. The molecule has 1 aromatic heterocycles. The molecule has 0 unspecified atom stereocenters. The van der Waals surface area contributed by atoms with Gasteiger partial charge in [-0.25, -0.2) is 4.68 Å². The van der Waals surface area contributed by atoms with Crippen molar-refractivity contribution in [2.24, 2.45) is 7.05 Å². The van der Waals surface area contributed by atoms with Gasteiger partial charge in [0, 0.05) is 29.2 Å². The van der Waals surface area contributed by atoms with Crippen molar-refractivity contribution in [3.05, 3.63) is 68.9 Å². The molecule has 0 radical (unpaired) electrons. The maximum absolute atomic E-state index is 6.24. The number of rotatable bonds is 5. The molecule has 1 heterocycles. The van der Waals surface area contributed by atoms with E-state index in [-0.39, 0.29) is 0 Å². The van der Waals surface area contributed by atoms with Gasteiger partial charge in [0.15, 0.2) is 10.6 Å². The Bertz CT molecular complexity index is 931. The number of hydrogen-bond donors (Lipinski definition) is 0. The first-order valence-electron chi connectivity index (χ1n) is 7.77. The van der Waals surface area contributed by atoms with Crippen molar-refractivity contribution in [2.45, 2.75) is 13.2 Å². The molecule has 0 aliphatic heterocycles. The van der Waals surface area contributed by atoms with E-state index >= 15 is 0 Å². The van der Waals surface area contributed by atoms with Crippen LogP contribution in [0.25, 0.3) is 11.4 Å². The highest BCUT2D eigenvalue weighted by molar-refractivity contribution is 7.71. The Labute approximate surface area is 162 Å². The van der Waals surface area contributed by atoms with Crippen LogP contribution in [0.4, 0.5) is 0 Å². The third-order valence-electron chi connectivity index (χ3n) is 3.92. The molecule has 4 nitrogen and oxygen atoms in total. The summed E-state index contributed by atoms with van der Waals surface area (Å²) in [6.07, 6.45) is 0. The first-order valence-corrected chi connectivity index (χ1v) is 8.94. The van der Waals surface area contributed by atoms with Gasteiger partial charge in [0.1, 0.15) is 0 Å². The van der Waals surface area contributed by atoms with Gasteiger partial charge in [-0.3, -0.25) is 4.90 Å². The maximum atomic E-state index is 6.24. The fraction of sp³-hybridized carbons (Fsp3) is 0.222. The molecule has 0 bridgehead atoms. The molecule has 0 spiro atoms. The molecule has 2 aromatic carbocycles. The van der Waals surface area contributed by atoms with Crippen LogP contribution >= 0.6 is 35.4 Å². The highest BCUT2D eigenvalue weighted by atomic mass is 35.5. The van der Waals surface area contributed by atoms with Crippen molar-refractivity contribution in [2.75, 3.05) is 7.05 Å². The molecular weight excluding hydrogens is 375 g/mol. The van der Waals surface area contributed by atoms with E-state index < -0.39 is 0 Å². The molecule has 0 aliphatic carbocycles. The number of benzene rings is 2. The van der Waals surface area contributed by atoms with Gasteiger partial charge in [-0.2, -0.15) is 5.10 Å². The minimum atomic E-state index is 0.575. The van der Waals surface area contributed by atoms with Crippen LogP contribution in [0.3, 0.4) is 0 Å². The Morgan fingerprint density at radius 3 is 2.44 bits per heavy atom. The highest BCUT2D eigenvalue weighted by Gasteiger charge is 2.12. The zero-order valence-corrected chi connectivity index (χ0v) is 16.3. The minimum Gasteiger partial charge on any atom is -0.303 e. The molecule has 3 rings (SSSR count). The largest absolute Gasteiger partial charge is 0.303 e. The van der Waals surface area contributed by atoms with E-state index in [4.69, 9.17) is 35.4 Å². The van der Waals surface area contributed by atoms with Gasteiger partial charge >= 0.3 is 0 Å². The monoisotopic (exact) mass is 392 g/mol. The molecule has 130 valence electrons. The Morgan fingerprint density at radius 2 is 1.76 bits per heavy atom. The lowest BCUT2D eigenvalue weighted by atomic mass is 10.2. The van der Waals surface area contributed by atoms with Gasteiger partial charge in [0.2, 0.25) is 0 Å². The summed E-state index contributed by atoms with van der Waals surface area (Å²) in [5.41, 5.74) is 2.05. The lowest BCUT2D eigenvalue weighted by molar-refractivity contribution is 0.244. The topological polar surface area (TPSA) is 26.0 Å². The molecule has 0 fully saturated rings. The quantitative estimate of drug-likeness (QED) is 0.570. The predicted octanol–water partition coefficient (Wildman–Crippen LogP) is 5.01. The minimum absolute atomic E-state index is 0.575. The van der Waals surface area contributed by atoms with Crippen LogP contribution in [0.15, 0.2) is 48.5 Å². The smallest absolute Gasteiger partial charge is 0.199 e. The summed E-state index contributed by atoms with van der Waals surface area (Å²) in [5, 5.41) is 6.13. The first kappa shape index (κ1) is 18.1. The molecule has 7 heteroatoms. The molecule has 0 saturated heterocycles. The predicted molar refractivity (Wildman–Crippen MR) is 105 cm³/mol. The van der Waals surface area contributed by atoms with Crippen LogP contribution in [-0.4, -0.2) is 26.3 Å². The molecule has 3 aromatic rings. The fourth-order valence-corrected chi connectivity index (χ4v) is 3.13. The van der Waals surface area contributed by atoms with Crippen molar-refractivity contribution in [1.29, 1.82) is 0 Å². The van der Waals surface area contributed by atoms with E-state index in [9.17, 15) is 0 Å². The van der Waals surface area contributed by atoms with Gasteiger partial charge in [-0.15, -0.1) is 0 Å². The van der Waals surface area contributed by atoms with Crippen molar-refractivity contribution < 1.29 is 0 Å². The number of aromatic nitrogens is 3. The SMILES string of the molecule is CN(Cc1ccccc1Cl)Cn1nc(-c2ccc(Cl)cc2)n(C)c1=S. The van der Waals surface area contributed by atoms with E-state index in [1.165, 1.54) is 0 Å². The van der Waals surface area contributed by atoms with Crippen molar-refractivity contribution in [1.82, 2.24) is 19.2 Å². The molecule has 0 saturated carbocycles. The molecule has 0 atom stereocenters. The average Bonchev–Trinajstić information content (AvgIpc) is 2.86. The number of halogens is 2. The third-order valence-corrected chi connectivity index (χ3v) is 5.02. The lowest BCUT2D eigenvalue weighted by Gasteiger charge is -2.17. The molecule has 25 heavy (non-hydrogen) atoms. The second kappa shape index (κ2) is 7.70. The Morgan fingerprint density at radius 1 is 1.08 bits per heavy atom. The van der Waals surface area contributed by atoms with Crippen LogP contribution in [0.1, 0.15) is 5.56 Å². The molecule has 0 amide bonds. The van der Waals surface area contributed by atoms with Crippen LogP contribution < -0.4 is 0 Å². The maximum Gasteiger partial charge on any atom is 0.199 e. The van der Waals surface area contributed by atoms with Gasteiger partial charge in [0.05, 0.1) is 6.67 Å². The van der Waals surface area contributed by atoms with Crippen LogP contribution in [-0.2, 0) is 20.3 Å². The Kier molecular flexibility index (Phi) is 5.59. The Hall–Kier alpha value is -1.66. The van der Waals surface area contributed by atoms with Gasteiger partial charge in [-0.1, -0.05) is 41.4 Å². The van der Waals surface area contributed by atoms with Gasteiger partial charge < -0.3 is 4.57 Å². The lowest BCUT2D eigenvalue weighted by Crippen LogP contribution is -2.22. The van der Waals surface area contributed by atoms with E-state index in [1.54, 1.807) is 0 Å². The van der Waals surface area contributed by atoms with Crippen molar-refractivity contribution >= 4 is 35.4 Å². The number of hydrogen-bond acceptors (Lipinski definition) is 3. The van der Waals surface area contributed by atoms with E-state index in [0.29, 0.717) is 23.0 Å². The summed E-state index contributed by atoms with van der Waals surface area (Å²) in [4.78, 5) is 2.12. The summed E-state index contributed by atoms with van der Waals surface area (Å²) < 4.78 is 4.38. The van der Waals surface area contributed by atoms with Crippen LogP contribution in [0.2, 0.25) is 10.0 Å². The van der Waals surface area contributed by atoms with Gasteiger partial charge in [-0.05, 0) is 55.2 Å². The number of nitrogens with zero attached hydrogens (tertiary/aromatic N) is 4. The normalized spacial score (nSPS) is 11.2. The second-order valence-corrected chi connectivity index (χ2v) is 7.13. The highest BCUT2D eigenvalue weighted by Crippen LogP contribution is 2.21. The standard InChI is InChI=1S/C18H18Cl2N4S/c1-22(11-14-5-3-4-6-16(14)20)12-24-18(25)23(2)17(21-24)13-7-9-15(19)10-8-13/h3-10H,11-12H2,1-2H3. The zero-order chi connectivity index (χ0) is 18.0. The van der Waals surface area contributed by atoms with Crippen molar-refractivity contribution in [3.63, 3.8) is 0 Å². The van der Waals surface area contributed by atoms with E-state index in [0.717, 1.165) is 22.0 Å². The van der Waals surface area contributed by atoms with Crippen LogP contribution in [0.5, 0.6) is 0 Å². The summed E-state index contributed by atoms with van der Waals surface area (Å²) in [7, 11) is 3.94. The zero-order valence-electron chi connectivity index (χ0n) is 14.0. The summed E-state index contributed by atoms with van der Waals surface area (Å²) in [5.74, 6) is 0.813. The molecule has 0 aliphatic rings. The average molecular weight is 393 g/mol. The van der Waals surface area contributed by atoms with E-state index in [1.807, 2.05) is 71.9 Å². The second-order valence-electron chi connectivity index (χ2n) is 5.92. The molecule has 0 N–H and O–H groups in total. The Balaban J connectivity index is 1.81. The van der Waals surface area contributed by atoms with Gasteiger partial charge in [0.25, 0.3) is 0 Å². The fourth-order valence-electron chi connectivity index (χ4n) is 2.63. The van der Waals surface area contributed by atoms with Crippen LogP contribution in [0, 0.1) is 4.77 Å². The summed E-state index contributed by atoms with van der Waals surface area (Å²) >= 11 is 17.7.